The lowest BCUT2D eigenvalue weighted by molar-refractivity contribution is -0.0154. The molecule has 1 saturated heterocycles. The van der Waals surface area contributed by atoms with Crippen LogP contribution in [0.2, 0.25) is 0 Å². The number of nitrogens with zero attached hydrogens (tertiary/aromatic N) is 1. The predicted octanol–water partition coefficient (Wildman–Crippen LogP) is 5.28. The summed E-state index contributed by atoms with van der Waals surface area (Å²) in [5.74, 6) is 0.436. The molecule has 1 heterocycles. The predicted molar refractivity (Wildman–Crippen MR) is 145 cm³/mol. The number of carboxylic acid groups (broad SMARTS) is 1. The minimum atomic E-state index is -4.00. The number of anilines is 1. The molecule has 10 nitrogen and oxygen atoms in total. The Kier molecular flexibility index (Phi) is 8.82. The average Bonchev–Trinajstić information content (AvgIpc) is 3.19. The highest BCUT2D eigenvalue weighted by molar-refractivity contribution is 9.11. The molecule has 3 N–H and O–H groups in total. The number of rotatable bonds is 7. The monoisotopic (exact) mass is 661 g/mol. The van der Waals surface area contributed by atoms with Gasteiger partial charge in [0.25, 0.3) is 0 Å². The van der Waals surface area contributed by atoms with Gasteiger partial charge in [-0.05, 0) is 58.1 Å². The number of carbonyl (C=O) groups excluding carboxylic acids is 1. The van der Waals surface area contributed by atoms with Gasteiger partial charge in [-0.15, -0.1) is 0 Å². The maximum absolute atomic E-state index is 13.2. The summed E-state index contributed by atoms with van der Waals surface area (Å²) in [5.41, 5.74) is -1.53. The van der Waals surface area contributed by atoms with Gasteiger partial charge >= 0.3 is 12.2 Å². The van der Waals surface area contributed by atoms with Gasteiger partial charge < -0.3 is 14.6 Å². The molecule has 2 atom stereocenters. The molecule has 2 aromatic carbocycles. The second-order valence-corrected chi connectivity index (χ2v) is 13.1. The van der Waals surface area contributed by atoms with Gasteiger partial charge in [0.2, 0.25) is 10.0 Å². The van der Waals surface area contributed by atoms with E-state index in [4.69, 9.17) is 9.47 Å². The van der Waals surface area contributed by atoms with Crippen molar-refractivity contribution in [1.29, 1.82) is 0 Å². The Morgan fingerprint density at radius 2 is 1.86 bits per heavy atom. The smallest absolute Gasteiger partial charge is 0.411 e. The summed E-state index contributed by atoms with van der Waals surface area (Å²) in [6.45, 7) is 5.07. The number of ether oxygens (including phenoxy) is 2. The zero-order chi connectivity index (χ0) is 27.6. The van der Waals surface area contributed by atoms with E-state index in [1.54, 1.807) is 36.4 Å². The summed E-state index contributed by atoms with van der Waals surface area (Å²) >= 11 is 6.54. The van der Waals surface area contributed by atoms with Crippen LogP contribution in [0.3, 0.4) is 0 Å². The Bertz CT molecular complexity index is 1280. The van der Waals surface area contributed by atoms with Gasteiger partial charge in [-0.3, -0.25) is 10.2 Å². The number of sulfonamides is 1. The quantitative estimate of drug-likeness (QED) is 0.367. The molecular weight excluding hydrogens is 634 g/mol. The molecular formula is C24H29Br2N3O7S. The minimum Gasteiger partial charge on any atom is -0.495 e. The fourth-order valence-electron chi connectivity index (χ4n) is 4.43. The number of para-hydroxylation sites is 2. The van der Waals surface area contributed by atoms with Crippen LogP contribution >= 0.6 is 31.9 Å². The third-order valence-electron chi connectivity index (χ3n) is 6.42. The van der Waals surface area contributed by atoms with E-state index in [9.17, 15) is 23.1 Å². The molecule has 0 aromatic heterocycles. The van der Waals surface area contributed by atoms with E-state index in [1.807, 2.05) is 20.8 Å². The minimum absolute atomic E-state index is 0.0180. The zero-order valence-electron chi connectivity index (χ0n) is 20.7. The standard InChI is InChI=1S/C24H29Br2N3O7S/c1-23(2,3)24(14-36-21(30)27-18-7-5-6-8-19(18)35-4)12-16(13-29(24)22(31)32)28-37(33,34)20-11-15(25)9-10-17(20)26/h5-11,16,28H,12-14H2,1-4H3,(H,27,30)(H,31,32)/t16-,24+/m1/s1. The van der Waals surface area contributed by atoms with E-state index in [-0.39, 0.29) is 24.5 Å². The fourth-order valence-corrected chi connectivity index (χ4v) is 7.16. The van der Waals surface area contributed by atoms with Gasteiger partial charge in [-0.2, -0.15) is 0 Å². The average molecular weight is 663 g/mol. The Balaban J connectivity index is 1.85. The van der Waals surface area contributed by atoms with E-state index in [0.29, 0.717) is 20.4 Å². The highest BCUT2D eigenvalue weighted by Gasteiger charge is 2.56. The van der Waals surface area contributed by atoms with Crippen LogP contribution in [-0.2, 0) is 14.8 Å². The van der Waals surface area contributed by atoms with Crippen LogP contribution in [0.5, 0.6) is 5.75 Å². The summed E-state index contributed by atoms with van der Waals surface area (Å²) in [5, 5.41) is 12.7. The highest BCUT2D eigenvalue weighted by Crippen LogP contribution is 2.44. The molecule has 202 valence electrons. The largest absolute Gasteiger partial charge is 0.495 e. The fraction of sp³-hybridized carbons (Fsp3) is 0.417. The first kappa shape index (κ1) is 29.2. The van der Waals surface area contributed by atoms with Crippen molar-refractivity contribution in [3.63, 3.8) is 0 Å². The van der Waals surface area contributed by atoms with E-state index in [0.717, 1.165) is 4.90 Å². The van der Waals surface area contributed by atoms with Crippen LogP contribution in [0.1, 0.15) is 27.2 Å². The van der Waals surface area contributed by atoms with Gasteiger partial charge in [0.1, 0.15) is 12.4 Å². The lowest BCUT2D eigenvalue weighted by Gasteiger charge is -2.46. The lowest BCUT2D eigenvalue weighted by Crippen LogP contribution is -2.58. The second-order valence-electron chi connectivity index (χ2n) is 9.67. The topological polar surface area (TPSA) is 134 Å². The third-order valence-corrected chi connectivity index (χ3v) is 9.43. The van der Waals surface area contributed by atoms with Gasteiger partial charge in [0.15, 0.2) is 0 Å². The zero-order valence-corrected chi connectivity index (χ0v) is 24.7. The van der Waals surface area contributed by atoms with Crippen molar-refractivity contribution in [3.8, 4) is 5.75 Å². The lowest BCUT2D eigenvalue weighted by atomic mass is 9.72. The van der Waals surface area contributed by atoms with E-state index in [1.165, 1.54) is 13.2 Å². The summed E-state index contributed by atoms with van der Waals surface area (Å²) in [4.78, 5) is 26.2. The van der Waals surface area contributed by atoms with Crippen LogP contribution in [0.4, 0.5) is 15.3 Å². The van der Waals surface area contributed by atoms with E-state index >= 15 is 0 Å². The SMILES string of the molecule is COc1ccccc1NC(=O)OC[C@]1(C(C)(C)C)C[C@@H](NS(=O)(=O)c2cc(Br)ccc2Br)CN1C(=O)O. The molecule has 0 unspecified atom stereocenters. The number of benzene rings is 2. The molecule has 2 amide bonds. The van der Waals surface area contributed by atoms with Gasteiger partial charge in [-0.1, -0.05) is 48.8 Å². The maximum atomic E-state index is 13.2. The number of hydrogen-bond acceptors (Lipinski definition) is 6. The van der Waals surface area contributed by atoms with Crippen LogP contribution < -0.4 is 14.8 Å². The number of methoxy groups -OCH3 is 1. The Labute approximate surface area is 233 Å². The number of nitrogens with one attached hydrogen (secondary N) is 2. The Morgan fingerprint density at radius 3 is 2.49 bits per heavy atom. The van der Waals surface area contributed by atoms with Crippen molar-refractivity contribution >= 4 is 59.8 Å². The normalized spacial score (nSPS) is 19.9. The number of carbonyl (C=O) groups is 2. The van der Waals surface area contributed by atoms with Crippen LogP contribution in [0, 0.1) is 5.41 Å². The molecule has 13 heteroatoms. The summed E-state index contributed by atoms with van der Waals surface area (Å²) in [6, 6.07) is 10.8. The Hall–Kier alpha value is -2.35. The molecule has 0 spiro atoms. The molecule has 0 saturated carbocycles. The number of hydrogen-bond donors (Lipinski definition) is 3. The molecule has 37 heavy (non-hydrogen) atoms. The molecule has 0 bridgehead atoms. The van der Waals surface area contributed by atoms with Crippen molar-refractivity contribution < 1.29 is 32.6 Å². The molecule has 0 radical (unpaired) electrons. The van der Waals surface area contributed by atoms with Crippen molar-refractivity contribution in [3.05, 3.63) is 51.4 Å². The molecule has 0 aliphatic carbocycles. The summed E-state index contributed by atoms with van der Waals surface area (Å²) < 4.78 is 40.7. The van der Waals surface area contributed by atoms with Crippen molar-refractivity contribution in [2.45, 2.75) is 43.7 Å². The van der Waals surface area contributed by atoms with Crippen LogP contribution in [0.15, 0.2) is 56.3 Å². The highest BCUT2D eigenvalue weighted by atomic mass is 79.9. The van der Waals surface area contributed by atoms with Crippen LogP contribution in [-0.4, -0.2) is 62.5 Å². The first-order chi connectivity index (χ1) is 17.2. The number of halogens is 2. The van der Waals surface area contributed by atoms with E-state index in [2.05, 4.69) is 41.9 Å². The van der Waals surface area contributed by atoms with Crippen LogP contribution in [0.25, 0.3) is 0 Å². The maximum Gasteiger partial charge on any atom is 0.411 e. The van der Waals surface area contributed by atoms with Crippen molar-refractivity contribution in [2.75, 3.05) is 25.6 Å². The summed E-state index contributed by atoms with van der Waals surface area (Å²) in [6.07, 6.45) is -1.94. The van der Waals surface area contributed by atoms with Gasteiger partial charge in [0, 0.05) is 21.5 Å². The number of amides is 2. The van der Waals surface area contributed by atoms with E-state index < -0.39 is 39.2 Å². The first-order valence-corrected chi connectivity index (χ1v) is 14.3. The first-order valence-electron chi connectivity index (χ1n) is 11.2. The third kappa shape index (κ3) is 6.39. The van der Waals surface area contributed by atoms with Gasteiger partial charge in [0.05, 0.1) is 23.2 Å². The molecule has 1 aliphatic heterocycles. The number of likely N-dealkylation sites (tertiary alicyclic amines) is 1. The van der Waals surface area contributed by atoms with Crippen molar-refractivity contribution in [2.24, 2.45) is 5.41 Å². The summed E-state index contributed by atoms with van der Waals surface area (Å²) in [7, 11) is -2.53. The molecule has 1 fully saturated rings. The molecule has 3 rings (SSSR count). The molecule has 1 aliphatic rings. The van der Waals surface area contributed by atoms with Crippen molar-refractivity contribution in [1.82, 2.24) is 9.62 Å². The second kappa shape index (κ2) is 11.2. The molecule has 2 aromatic rings. The van der Waals surface area contributed by atoms with Gasteiger partial charge in [-0.25, -0.2) is 22.7 Å². The Morgan fingerprint density at radius 1 is 1.19 bits per heavy atom.